The molecule has 2 aromatic rings. The van der Waals surface area contributed by atoms with Gasteiger partial charge in [-0.15, -0.1) is 11.3 Å². The predicted molar refractivity (Wildman–Crippen MR) is 63.5 cm³/mol. The first-order valence-electron chi connectivity index (χ1n) is 4.90. The van der Waals surface area contributed by atoms with Crippen LogP contribution in [0.15, 0.2) is 18.2 Å². The molecule has 1 aromatic carbocycles. The van der Waals surface area contributed by atoms with Crippen LogP contribution in [-0.2, 0) is 0 Å². The van der Waals surface area contributed by atoms with Gasteiger partial charge in [0.1, 0.15) is 0 Å². The van der Waals surface area contributed by atoms with Gasteiger partial charge < -0.3 is 10.4 Å². The van der Waals surface area contributed by atoms with Crippen LogP contribution < -0.4 is 5.32 Å². The third-order valence-corrected chi connectivity index (χ3v) is 3.06. The lowest BCUT2D eigenvalue weighted by molar-refractivity contribution is 0.0690. The molecule has 0 unspecified atom stereocenters. The number of nitrogens with zero attached hydrogens (tertiary/aromatic N) is 1. The Kier molecular flexibility index (Phi) is 3.24. The molecular weight excluding hydrogens is 262 g/mol. The number of aromatic nitrogens is 1. The number of rotatable bonds is 3. The van der Waals surface area contributed by atoms with Crippen molar-refractivity contribution in [3.8, 4) is 0 Å². The summed E-state index contributed by atoms with van der Waals surface area (Å²) in [6.45, 7) is 1.62. The van der Waals surface area contributed by atoms with Crippen molar-refractivity contribution < 1.29 is 18.7 Å². The molecule has 0 saturated carbocycles. The molecule has 0 fully saturated rings. The van der Waals surface area contributed by atoms with Crippen LogP contribution in [0, 0.1) is 18.6 Å². The minimum atomic E-state index is -1.12. The Labute approximate surface area is 105 Å². The molecule has 1 heterocycles. The summed E-state index contributed by atoms with van der Waals surface area (Å²) < 4.78 is 25.7. The van der Waals surface area contributed by atoms with Crippen molar-refractivity contribution in [3.63, 3.8) is 0 Å². The molecule has 7 heteroatoms. The molecule has 94 valence electrons. The van der Waals surface area contributed by atoms with Crippen molar-refractivity contribution >= 4 is 28.1 Å². The first-order chi connectivity index (χ1) is 8.47. The quantitative estimate of drug-likeness (QED) is 0.899. The summed E-state index contributed by atoms with van der Waals surface area (Å²) in [5.41, 5.74) is 0.254. The normalized spacial score (nSPS) is 10.4. The monoisotopic (exact) mass is 270 g/mol. The van der Waals surface area contributed by atoms with E-state index in [2.05, 4.69) is 10.3 Å². The molecular formula is C11H8F2N2O2S. The van der Waals surface area contributed by atoms with E-state index in [-0.39, 0.29) is 5.69 Å². The second-order valence-corrected chi connectivity index (χ2v) is 4.69. The van der Waals surface area contributed by atoms with Crippen LogP contribution in [0.25, 0.3) is 0 Å². The molecule has 1 aromatic heterocycles. The minimum Gasteiger partial charge on any atom is -0.476 e. The molecule has 2 rings (SSSR count). The maximum Gasteiger partial charge on any atom is 0.355 e. The molecule has 0 aliphatic carbocycles. The van der Waals surface area contributed by atoms with Gasteiger partial charge in [-0.25, -0.2) is 18.6 Å². The van der Waals surface area contributed by atoms with Gasteiger partial charge in [0.25, 0.3) is 0 Å². The van der Waals surface area contributed by atoms with Crippen LogP contribution in [0.5, 0.6) is 0 Å². The topological polar surface area (TPSA) is 62.2 Å². The van der Waals surface area contributed by atoms with E-state index in [4.69, 9.17) is 5.11 Å². The summed E-state index contributed by atoms with van der Waals surface area (Å²) in [5, 5.41) is 11.9. The molecule has 4 nitrogen and oxygen atoms in total. The van der Waals surface area contributed by atoms with E-state index in [1.165, 1.54) is 6.07 Å². The van der Waals surface area contributed by atoms with E-state index < -0.39 is 17.6 Å². The van der Waals surface area contributed by atoms with Crippen molar-refractivity contribution in [2.45, 2.75) is 6.92 Å². The Morgan fingerprint density at radius 1 is 1.39 bits per heavy atom. The van der Waals surface area contributed by atoms with E-state index in [1.54, 1.807) is 6.92 Å². The summed E-state index contributed by atoms with van der Waals surface area (Å²) in [6, 6.07) is 3.30. The van der Waals surface area contributed by atoms with Crippen molar-refractivity contribution in [2.75, 3.05) is 5.32 Å². The number of carboxylic acid groups (broad SMARTS) is 1. The van der Waals surface area contributed by atoms with Crippen LogP contribution in [0.1, 0.15) is 15.4 Å². The summed E-state index contributed by atoms with van der Waals surface area (Å²) in [4.78, 5) is 15.2. The number of aryl methyl sites for hydroxylation is 1. The van der Waals surface area contributed by atoms with Crippen LogP contribution in [0.3, 0.4) is 0 Å². The minimum absolute atomic E-state index is 0.0508. The van der Waals surface area contributed by atoms with Crippen LogP contribution in [0.2, 0.25) is 0 Å². The van der Waals surface area contributed by atoms with Gasteiger partial charge in [0, 0.05) is 16.6 Å². The fourth-order valence-electron chi connectivity index (χ4n) is 1.35. The van der Waals surface area contributed by atoms with Crippen LogP contribution >= 0.6 is 11.3 Å². The zero-order valence-electron chi connectivity index (χ0n) is 9.20. The number of aromatic carboxylic acids is 1. The van der Waals surface area contributed by atoms with Crippen molar-refractivity contribution in [2.24, 2.45) is 0 Å². The van der Waals surface area contributed by atoms with Gasteiger partial charge in [-0.05, 0) is 19.1 Å². The highest BCUT2D eigenvalue weighted by Crippen LogP contribution is 2.26. The van der Waals surface area contributed by atoms with Gasteiger partial charge in [-0.2, -0.15) is 0 Å². The Balaban J connectivity index is 2.26. The number of carbonyl (C=O) groups is 1. The van der Waals surface area contributed by atoms with Gasteiger partial charge >= 0.3 is 5.97 Å². The van der Waals surface area contributed by atoms with E-state index in [0.29, 0.717) is 15.7 Å². The summed E-state index contributed by atoms with van der Waals surface area (Å²) >= 11 is 1.13. The summed E-state index contributed by atoms with van der Waals surface area (Å²) in [6.07, 6.45) is 0. The van der Waals surface area contributed by atoms with Crippen LogP contribution in [0.4, 0.5) is 19.6 Å². The van der Waals surface area contributed by atoms with E-state index in [1.807, 2.05) is 0 Å². The van der Waals surface area contributed by atoms with E-state index in [9.17, 15) is 13.6 Å². The fourth-order valence-corrected chi connectivity index (χ4v) is 2.17. The van der Waals surface area contributed by atoms with Crippen LogP contribution in [-0.4, -0.2) is 16.1 Å². The van der Waals surface area contributed by atoms with E-state index in [0.717, 1.165) is 23.5 Å². The van der Waals surface area contributed by atoms with E-state index >= 15 is 0 Å². The first-order valence-corrected chi connectivity index (χ1v) is 5.72. The number of hydrogen-bond acceptors (Lipinski definition) is 4. The Morgan fingerprint density at radius 2 is 2.11 bits per heavy atom. The van der Waals surface area contributed by atoms with Crippen molar-refractivity contribution in [1.82, 2.24) is 4.98 Å². The SMILES string of the molecule is Cc1sc(Nc2ccc(F)c(F)c2)nc1C(=O)O. The molecule has 2 N–H and O–H groups in total. The second-order valence-electron chi connectivity index (χ2n) is 3.48. The van der Waals surface area contributed by atoms with Gasteiger partial charge in [-0.3, -0.25) is 0 Å². The standard InChI is InChI=1S/C11H8F2N2O2S/c1-5-9(10(16)17)15-11(18-5)14-6-2-3-7(12)8(13)4-6/h2-4H,1H3,(H,14,15)(H,16,17). The molecule has 0 spiro atoms. The smallest absolute Gasteiger partial charge is 0.355 e. The average Bonchev–Trinajstić information content (AvgIpc) is 2.65. The number of carboxylic acids is 1. The molecule has 0 amide bonds. The number of hydrogen-bond donors (Lipinski definition) is 2. The average molecular weight is 270 g/mol. The Hall–Kier alpha value is -2.02. The third-order valence-electron chi connectivity index (χ3n) is 2.17. The lowest BCUT2D eigenvalue weighted by Crippen LogP contribution is -1.99. The molecule has 0 atom stereocenters. The highest BCUT2D eigenvalue weighted by atomic mass is 32.1. The molecule has 0 aliphatic heterocycles. The van der Waals surface area contributed by atoms with Gasteiger partial charge in [0.15, 0.2) is 22.5 Å². The maximum absolute atomic E-state index is 13.0. The summed E-state index contributed by atoms with van der Waals surface area (Å²) in [5.74, 6) is -3.05. The number of halogens is 2. The predicted octanol–water partition coefficient (Wildman–Crippen LogP) is 3.17. The highest BCUT2D eigenvalue weighted by Gasteiger charge is 2.14. The number of anilines is 2. The lowest BCUT2D eigenvalue weighted by atomic mass is 10.3. The van der Waals surface area contributed by atoms with Gasteiger partial charge in [0.05, 0.1) is 0 Å². The van der Waals surface area contributed by atoms with Crippen molar-refractivity contribution in [1.29, 1.82) is 0 Å². The fraction of sp³-hybridized carbons (Fsp3) is 0.0909. The zero-order valence-corrected chi connectivity index (χ0v) is 10.0. The molecule has 0 radical (unpaired) electrons. The Morgan fingerprint density at radius 3 is 2.67 bits per heavy atom. The Bertz CT molecular complexity index is 613. The van der Waals surface area contributed by atoms with Gasteiger partial charge in [0.2, 0.25) is 0 Å². The largest absolute Gasteiger partial charge is 0.476 e. The molecule has 0 saturated heterocycles. The van der Waals surface area contributed by atoms with Crippen molar-refractivity contribution in [3.05, 3.63) is 40.4 Å². The highest BCUT2D eigenvalue weighted by molar-refractivity contribution is 7.15. The number of thiazole rings is 1. The maximum atomic E-state index is 13.0. The zero-order chi connectivity index (χ0) is 13.3. The first kappa shape index (κ1) is 12.4. The third kappa shape index (κ3) is 2.45. The number of benzene rings is 1. The molecule has 0 bridgehead atoms. The summed E-state index contributed by atoms with van der Waals surface area (Å²) in [7, 11) is 0. The van der Waals surface area contributed by atoms with Gasteiger partial charge in [-0.1, -0.05) is 0 Å². The molecule has 0 aliphatic rings. The second kappa shape index (κ2) is 4.69. The molecule has 18 heavy (non-hydrogen) atoms. The number of nitrogens with one attached hydrogen (secondary N) is 1. The lowest BCUT2D eigenvalue weighted by Gasteiger charge is -2.02.